The summed E-state index contributed by atoms with van der Waals surface area (Å²) in [6.07, 6.45) is 0. The normalized spacial score (nSPS) is 12.5. The molecule has 1 unspecified atom stereocenters. The van der Waals surface area contributed by atoms with E-state index in [4.69, 9.17) is 5.73 Å². The first-order chi connectivity index (χ1) is 8.27. The van der Waals surface area contributed by atoms with E-state index in [2.05, 4.69) is 20.8 Å². The third-order valence-corrected chi connectivity index (χ3v) is 3.32. The molecule has 0 heterocycles. The van der Waals surface area contributed by atoms with Crippen molar-refractivity contribution in [1.29, 1.82) is 0 Å². The van der Waals surface area contributed by atoms with Crippen LogP contribution in [0.4, 0.5) is 0 Å². The number of hydrogen-bond donors (Lipinski definition) is 1. The van der Waals surface area contributed by atoms with E-state index >= 15 is 0 Å². The Morgan fingerprint density at radius 2 is 1.74 bits per heavy atom. The fraction of sp³-hybridized carbons (Fsp3) is 0.533. The number of halogens is 1. The van der Waals surface area contributed by atoms with E-state index in [0.717, 1.165) is 0 Å². The lowest BCUT2D eigenvalue weighted by molar-refractivity contribution is 0.0748. The van der Waals surface area contributed by atoms with Crippen molar-refractivity contribution in [3.05, 3.63) is 35.4 Å². The van der Waals surface area contributed by atoms with E-state index in [0.29, 0.717) is 12.1 Å². The van der Waals surface area contributed by atoms with Gasteiger partial charge in [-0.3, -0.25) is 4.79 Å². The summed E-state index contributed by atoms with van der Waals surface area (Å²) in [5, 5.41) is 0. The highest BCUT2D eigenvalue weighted by molar-refractivity contribution is 5.94. The highest BCUT2D eigenvalue weighted by Crippen LogP contribution is 2.22. The molecule has 1 rings (SSSR count). The zero-order valence-corrected chi connectivity index (χ0v) is 13.3. The monoisotopic (exact) mass is 284 g/mol. The molecule has 0 aliphatic heterocycles. The molecule has 3 nitrogen and oxygen atoms in total. The number of benzene rings is 1. The number of nitrogens with zero attached hydrogens (tertiary/aromatic N) is 1. The Morgan fingerprint density at radius 3 is 2.11 bits per heavy atom. The molecule has 0 saturated heterocycles. The largest absolute Gasteiger partial charge is 0.338 e. The first kappa shape index (κ1) is 17.9. The molecule has 0 aliphatic rings. The molecule has 0 spiro atoms. The minimum atomic E-state index is 0. The molecule has 0 radical (unpaired) electrons. The summed E-state index contributed by atoms with van der Waals surface area (Å²) >= 11 is 0. The predicted octanol–water partition coefficient (Wildman–Crippen LogP) is 2.83. The van der Waals surface area contributed by atoms with Gasteiger partial charge in [0.15, 0.2) is 0 Å². The molecular weight excluding hydrogens is 260 g/mol. The van der Waals surface area contributed by atoms with Gasteiger partial charge in [-0.2, -0.15) is 0 Å². The standard InChI is InChI=1S/C15H24N2O.ClH/c1-11(10-16)17(5)14(18)12-6-8-13(9-7-12)15(2,3)4;/h6-9,11H,10,16H2,1-5H3;1H. The Hall–Kier alpha value is -1.06. The van der Waals surface area contributed by atoms with Crippen LogP contribution in [-0.2, 0) is 5.41 Å². The molecule has 1 amide bonds. The summed E-state index contributed by atoms with van der Waals surface area (Å²) in [5.41, 5.74) is 7.63. The van der Waals surface area contributed by atoms with Crippen LogP contribution in [0.1, 0.15) is 43.6 Å². The second kappa shape index (κ2) is 6.92. The summed E-state index contributed by atoms with van der Waals surface area (Å²) in [7, 11) is 1.79. The smallest absolute Gasteiger partial charge is 0.253 e. The maximum Gasteiger partial charge on any atom is 0.253 e. The van der Waals surface area contributed by atoms with Crippen LogP contribution in [0.2, 0.25) is 0 Å². The summed E-state index contributed by atoms with van der Waals surface area (Å²) in [4.78, 5) is 13.9. The van der Waals surface area contributed by atoms with Crippen molar-refractivity contribution in [2.45, 2.75) is 39.2 Å². The van der Waals surface area contributed by atoms with Crippen LogP contribution in [0.3, 0.4) is 0 Å². The lowest BCUT2D eigenvalue weighted by Gasteiger charge is -2.24. The van der Waals surface area contributed by atoms with E-state index in [1.54, 1.807) is 11.9 Å². The number of likely N-dealkylation sites (N-methyl/N-ethyl adjacent to an activating group) is 1. The van der Waals surface area contributed by atoms with Gasteiger partial charge >= 0.3 is 0 Å². The molecule has 0 saturated carbocycles. The van der Waals surface area contributed by atoms with Crippen LogP contribution in [0, 0.1) is 0 Å². The van der Waals surface area contributed by atoms with Gasteiger partial charge in [-0.05, 0) is 30.0 Å². The van der Waals surface area contributed by atoms with Crippen LogP contribution < -0.4 is 5.73 Å². The third kappa shape index (κ3) is 4.51. The van der Waals surface area contributed by atoms with Gasteiger partial charge in [-0.25, -0.2) is 0 Å². The Labute approximate surface area is 122 Å². The molecular formula is C15H25ClN2O. The van der Waals surface area contributed by atoms with E-state index < -0.39 is 0 Å². The van der Waals surface area contributed by atoms with Gasteiger partial charge in [0.2, 0.25) is 0 Å². The maximum atomic E-state index is 12.2. The van der Waals surface area contributed by atoms with Crippen molar-refractivity contribution in [3.63, 3.8) is 0 Å². The van der Waals surface area contributed by atoms with Gasteiger partial charge in [0.05, 0.1) is 0 Å². The van der Waals surface area contributed by atoms with Crippen molar-refractivity contribution in [3.8, 4) is 0 Å². The minimum absolute atomic E-state index is 0. The zero-order valence-electron chi connectivity index (χ0n) is 12.4. The first-order valence-electron chi connectivity index (χ1n) is 6.35. The lowest BCUT2D eigenvalue weighted by Crippen LogP contribution is -2.39. The third-order valence-electron chi connectivity index (χ3n) is 3.32. The summed E-state index contributed by atoms with van der Waals surface area (Å²) in [6, 6.07) is 7.88. The van der Waals surface area contributed by atoms with Crippen LogP contribution >= 0.6 is 12.4 Å². The van der Waals surface area contributed by atoms with Gasteiger partial charge in [0, 0.05) is 25.2 Å². The van der Waals surface area contributed by atoms with Gasteiger partial charge < -0.3 is 10.6 Å². The van der Waals surface area contributed by atoms with Gasteiger partial charge in [-0.15, -0.1) is 12.4 Å². The molecule has 108 valence electrons. The second-order valence-electron chi connectivity index (χ2n) is 5.83. The van der Waals surface area contributed by atoms with Crippen molar-refractivity contribution in [2.75, 3.05) is 13.6 Å². The predicted molar refractivity (Wildman–Crippen MR) is 83.0 cm³/mol. The molecule has 0 bridgehead atoms. The van der Waals surface area contributed by atoms with Gasteiger partial charge in [0.25, 0.3) is 5.91 Å². The number of rotatable bonds is 3. The topological polar surface area (TPSA) is 46.3 Å². The number of carbonyl (C=O) groups is 1. The lowest BCUT2D eigenvalue weighted by atomic mass is 9.86. The van der Waals surface area contributed by atoms with Crippen LogP contribution in [0.25, 0.3) is 0 Å². The summed E-state index contributed by atoms with van der Waals surface area (Å²) < 4.78 is 0. The van der Waals surface area contributed by atoms with Crippen LogP contribution in [0.5, 0.6) is 0 Å². The first-order valence-corrected chi connectivity index (χ1v) is 6.35. The molecule has 1 atom stereocenters. The van der Waals surface area contributed by atoms with E-state index in [9.17, 15) is 4.79 Å². The van der Waals surface area contributed by atoms with Crippen molar-refractivity contribution < 1.29 is 4.79 Å². The maximum absolute atomic E-state index is 12.2. The molecule has 1 aromatic rings. The highest BCUT2D eigenvalue weighted by atomic mass is 35.5. The Bertz CT molecular complexity index is 409. The molecule has 2 N–H and O–H groups in total. The highest BCUT2D eigenvalue weighted by Gasteiger charge is 2.18. The van der Waals surface area contributed by atoms with Crippen molar-refractivity contribution in [2.24, 2.45) is 5.73 Å². The fourth-order valence-corrected chi connectivity index (χ4v) is 1.67. The Balaban J connectivity index is 0.00000324. The minimum Gasteiger partial charge on any atom is -0.338 e. The van der Waals surface area contributed by atoms with Gasteiger partial charge in [0.1, 0.15) is 0 Å². The van der Waals surface area contributed by atoms with Crippen LogP contribution in [-0.4, -0.2) is 30.4 Å². The molecule has 0 aromatic heterocycles. The number of amides is 1. The van der Waals surface area contributed by atoms with Gasteiger partial charge in [-0.1, -0.05) is 32.9 Å². The fourth-order valence-electron chi connectivity index (χ4n) is 1.67. The zero-order chi connectivity index (χ0) is 13.9. The van der Waals surface area contributed by atoms with Crippen LogP contribution in [0.15, 0.2) is 24.3 Å². The molecule has 0 aliphatic carbocycles. The molecule has 19 heavy (non-hydrogen) atoms. The SMILES string of the molecule is CC(CN)N(C)C(=O)c1ccc(C(C)(C)C)cc1.Cl. The van der Waals surface area contributed by atoms with E-state index in [1.165, 1.54) is 5.56 Å². The van der Waals surface area contributed by atoms with E-state index in [1.807, 2.05) is 31.2 Å². The number of nitrogens with two attached hydrogens (primary N) is 1. The second-order valence-corrected chi connectivity index (χ2v) is 5.83. The molecule has 0 fully saturated rings. The Morgan fingerprint density at radius 1 is 1.26 bits per heavy atom. The number of hydrogen-bond acceptors (Lipinski definition) is 2. The van der Waals surface area contributed by atoms with Crippen molar-refractivity contribution >= 4 is 18.3 Å². The average molecular weight is 285 g/mol. The molecule has 1 aromatic carbocycles. The Kier molecular flexibility index (Phi) is 6.53. The summed E-state index contributed by atoms with van der Waals surface area (Å²) in [6.45, 7) is 8.90. The number of carbonyl (C=O) groups excluding carboxylic acids is 1. The molecule has 4 heteroatoms. The average Bonchev–Trinajstić information content (AvgIpc) is 2.35. The quantitative estimate of drug-likeness (QED) is 0.928. The van der Waals surface area contributed by atoms with Crippen molar-refractivity contribution in [1.82, 2.24) is 4.90 Å². The summed E-state index contributed by atoms with van der Waals surface area (Å²) in [5.74, 6) is 0.0217. The van der Waals surface area contributed by atoms with E-state index in [-0.39, 0.29) is 29.8 Å².